The summed E-state index contributed by atoms with van der Waals surface area (Å²) in [5.74, 6) is -1.04. The monoisotopic (exact) mass is 274 g/mol. The maximum atomic E-state index is 13.7. The van der Waals surface area contributed by atoms with Gasteiger partial charge in [-0.2, -0.15) is 0 Å². The van der Waals surface area contributed by atoms with Crippen molar-refractivity contribution in [1.29, 1.82) is 0 Å². The fourth-order valence-electron chi connectivity index (χ4n) is 3.57. The van der Waals surface area contributed by atoms with Gasteiger partial charge in [0.2, 0.25) is 0 Å². The fraction of sp³-hybridized carbons (Fsp3) is 0.375. The minimum atomic E-state index is -0.523. The quantitative estimate of drug-likeness (QED) is 0.840. The molecule has 4 rings (SSSR count). The number of hydrogen-bond acceptors (Lipinski definition) is 1. The molecule has 1 atom stereocenters. The summed E-state index contributed by atoms with van der Waals surface area (Å²) in [6.07, 6.45) is 7.47. The molecule has 104 valence electrons. The van der Waals surface area contributed by atoms with Crippen LogP contribution in [-0.2, 0) is 0 Å². The molecule has 0 unspecified atom stereocenters. The third kappa shape index (κ3) is 1.79. The average molecular weight is 274 g/mol. The van der Waals surface area contributed by atoms with Gasteiger partial charge in [-0.15, -0.1) is 0 Å². The summed E-state index contributed by atoms with van der Waals surface area (Å²) in [5, 5.41) is 0.653. The van der Waals surface area contributed by atoms with Crippen molar-refractivity contribution in [3.05, 3.63) is 41.6 Å². The Kier molecular flexibility index (Phi) is 2.67. The molecule has 2 aromatic rings. The number of nitrogens with zero attached hydrogens (tertiary/aromatic N) is 1. The molecule has 0 spiro atoms. The third-order valence-corrected chi connectivity index (χ3v) is 4.58. The van der Waals surface area contributed by atoms with Crippen molar-refractivity contribution in [3.8, 4) is 0 Å². The summed E-state index contributed by atoms with van der Waals surface area (Å²) in [7, 11) is 0. The highest BCUT2D eigenvalue weighted by Crippen LogP contribution is 2.35. The number of aromatic nitrogens is 1. The van der Waals surface area contributed by atoms with Gasteiger partial charge < -0.3 is 4.98 Å². The molecular formula is C16H16F2N2. The first-order chi connectivity index (χ1) is 9.72. The number of benzene rings is 1. The predicted molar refractivity (Wildman–Crippen MR) is 75.4 cm³/mol. The van der Waals surface area contributed by atoms with Crippen molar-refractivity contribution in [2.75, 3.05) is 13.1 Å². The second-order valence-electron chi connectivity index (χ2n) is 5.74. The number of hydrogen-bond donors (Lipinski definition) is 1. The van der Waals surface area contributed by atoms with Gasteiger partial charge in [0.1, 0.15) is 11.6 Å². The van der Waals surface area contributed by atoms with E-state index < -0.39 is 11.6 Å². The van der Waals surface area contributed by atoms with Gasteiger partial charge in [0.15, 0.2) is 0 Å². The highest BCUT2D eigenvalue weighted by molar-refractivity contribution is 5.93. The lowest BCUT2D eigenvalue weighted by atomic mass is 9.94. The maximum Gasteiger partial charge on any atom is 0.150 e. The topological polar surface area (TPSA) is 19.0 Å². The van der Waals surface area contributed by atoms with Crippen LogP contribution in [0.15, 0.2) is 24.4 Å². The van der Waals surface area contributed by atoms with Gasteiger partial charge in [-0.25, -0.2) is 8.78 Å². The van der Waals surface area contributed by atoms with E-state index in [-0.39, 0.29) is 0 Å². The lowest BCUT2D eigenvalue weighted by Gasteiger charge is -2.29. The van der Waals surface area contributed by atoms with Gasteiger partial charge in [-0.1, -0.05) is 6.08 Å². The van der Waals surface area contributed by atoms with Crippen LogP contribution in [-0.4, -0.2) is 29.0 Å². The first-order valence-corrected chi connectivity index (χ1v) is 7.12. The largest absolute Gasteiger partial charge is 0.358 e. The maximum absolute atomic E-state index is 13.7. The van der Waals surface area contributed by atoms with Crippen molar-refractivity contribution in [2.24, 2.45) is 0 Å². The highest BCUT2D eigenvalue weighted by Gasteiger charge is 2.28. The van der Waals surface area contributed by atoms with Crippen LogP contribution in [0.1, 0.15) is 24.8 Å². The molecule has 1 fully saturated rings. The standard InChI is InChI=1S/C16H16F2N2/c17-11-7-13-14(9-19-16(13)15(18)8-11)10-3-5-20-4-1-2-12(20)6-10/h3,7-9,12,19H,1-2,4-6H2/t12-/m1/s1. The summed E-state index contributed by atoms with van der Waals surface area (Å²) in [4.78, 5) is 5.43. The van der Waals surface area contributed by atoms with Gasteiger partial charge in [-0.3, -0.25) is 4.90 Å². The van der Waals surface area contributed by atoms with Crippen LogP contribution in [0.2, 0.25) is 0 Å². The van der Waals surface area contributed by atoms with Crippen LogP contribution in [0.3, 0.4) is 0 Å². The number of aromatic amines is 1. The molecule has 0 aliphatic carbocycles. The third-order valence-electron chi connectivity index (χ3n) is 4.58. The Morgan fingerprint density at radius 3 is 3.05 bits per heavy atom. The average Bonchev–Trinajstić information content (AvgIpc) is 3.03. The molecule has 2 nitrogen and oxygen atoms in total. The smallest absolute Gasteiger partial charge is 0.150 e. The lowest BCUT2D eigenvalue weighted by molar-refractivity contribution is 0.275. The molecular weight excluding hydrogens is 258 g/mol. The Morgan fingerprint density at radius 2 is 2.15 bits per heavy atom. The Hall–Kier alpha value is -1.68. The van der Waals surface area contributed by atoms with Crippen molar-refractivity contribution in [3.63, 3.8) is 0 Å². The number of fused-ring (bicyclic) bond motifs is 2. The van der Waals surface area contributed by atoms with Gasteiger partial charge >= 0.3 is 0 Å². The summed E-state index contributed by atoms with van der Waals surface area (Å²) >= 11 is 0. The van der Waals surface area contributed by atoms with Crippen molar-refractivity contribution in [2.45, 2.75) is 25.3 Å². The van der Waals surface area contributed by atoms with Crippen molar-refractivity contribution >= 4 is 16.5 Å². The summed E-state index contributed by atoms with van der Waals surface area (Å²) in [5.41, 5.74) is 2.56. The molecule has 1 saturated heterocycles. The zero-order valence-corrected chi connectivity index (χ0v) is 11.1. The molecule has 2 aliphatic heterocycles. The normalized spacial score (nSPS) is 23.1. The molecule has 4 heteroatoms. The Labute approximate surface area is 116 Å². The van der Waals surface area contributed by atoms with E-state index >= 15 is 0 Å². The van der Waals surface area contributed by atoms with Gasteiger partial charge in [-0.05, 0) is 37.4 Å². The Bertz CT molecular complexity index is 702. The summed E-state index contributed by atoms with van der Waals surface area (Å²) in [6.45, 7) is 2.12. The second kappa shape index (κ2) is 4.42. The number of rotatable bonds is 1. The van der Waals surface area contributed by atoms with E-state index in [1.165, 1.54) is 31.0 Å². The highest BCUT2D eigenvalue weighted by atomic mass is 19.1. The Morgan fingerprint density at radius 1 is 1.25 bits per heavy atom. The number of H-pyrrole nitrogens is 1. The minimum absolute atomic E-state index is 0.399. The van der Waals surface area contributed by atoms with E-state index in [1.807, 2.05) is 6.20 Å². The van der Waals surface area contributed by atoms with E-state index in [4.69, 9.17) is 0 Å². The zero-order chi connectivity index (χ0) is 13.7. The first-order valence-electron chi connectivity index (χ1n) is 7.12. The summed E-state index contributed by atoms with van der Waals surface area (Å²) < 4.78 is 27.2. The SMILES string of the molecule is Fc1cc(F)c2[nH]cc(C3=CCN4CCC[C@@H]4C3)c2c1. The minimum Gasteiger partial charge on any atom is -0.358 e. The molecule has 2 aliphatic rings. The van der Waals surface area contributed by atoms with Crippen LogP contribution < -0.4 is 0 Å². The number of nitrogens with one attached hydrogen (secondary N) is 1. The Balaban J connectivity index is 1.79. The van der Waals surface area contributed by atoms with Crippen LogP contribution in [0, 0.1) is 11.6 Å². The van der Waals surface area contributed by atoms with Crippen LogP contribution in [0.25, 0.3) is 16.5 Å². The molecule has 0 amide bonds. The molecule has 0 radical (unpaired) electrons. The van der Waals surface area contributed by atoms with Gasteiger partial charge in [0, 0.05) is 35.8 Å². The van der Waals surface area contributed by atoms with Crippen molar-refractivity contribution in [1.82, 2.24) is 9.88 Å². The van der Waals surface area contributed by atoms with Crippen LogP contribution in [0.5, 0.6) is 0 Å². The first kappa shape index (κ1) is 12.1. The predicted octanol–water partition coefficient (Wildman–Crippen LogP) is 3.70. The molecule has 20 heavy (non-hydrogen) atoms. The fourth-order valence-corrected chi connectivity index (χ4v) is 3.57. The molecule has 1 N–H and O–H groups in total. The molecule has 1 aromatic carbocycles. The van der Waals surface area contributed by atoms with E-state index in [9.17, 15) is 8.78 Å². The lowest BCUT2D eigenvalue weighted by Crippen LogP contribution is -2.32. The van der Waals surface area contributed by atoms with E-state index in [0.717, 1.165) is 24.6 Å². The molecule has 0 saturated carbocycles. The second-order valence-corrected chi connectivity index (χ2v) is 5.74. The molecule has 0 bridgehead atoms. The van der Waals surface area contributed by atoms with E-state index in [2.05, 4.69) is 16.0 Å². The van der Waals surface area contributed by atoms with Crippen LogP contribution in [0.4, 0.5) is 8.78 Å². The molecule has 1 aromatic heterocycles. The van der Waals surface area contributed by atoms with Gasteiger partial charge in [0.05, 0.1) is 5.52 Å². The van der Waals surface area contributed by atoms with E-state index in [0.29, 0.717) is 16.9 Å². The van der Waals surface area contributed by atoms with Crippen molar-refractivity contribution < 1.29 is 8.78 Å². The zero-order valence-electron chi connectivity index (χ0n) is 11.1. The summed E-state index contributed by atoms with van der Waals surface area (Å²) in [6, 6.07) is 2.95. The number of halogens is 2. The van der Waals surface area contributed by atoms with E-state index in [1.54, 1.807) is 0 Å². The van der Waals surface area contributed by atoms with Crippen LogP contribution >= 0.6 is 0 Å². The van der Waals surface area contributed by atoms with Gasteiger partial charge in [0.25, 0.3) is 0 Å². The molecule has 3 heterocycles.